The Balaban J connectivity index is 1.42. The molecule has 6 rings (SSSR count). The molecule has 0 aliphatic heterocycles. The third-order valence-electron chi connectivity index (χ3n) is 6.28. The molecule has 0 amide bonds. The Morgan fingerprint density at radius 1 is 1.16 bits per heavy atom. The van der Waals surface area contributed by atoms with Crippen molar-refractivity contribution in [3.63, 3.8) is 0 Å². The molecule has 3 heterocycles. The molecule has 3 aromatic heterocycles. The first kappa shape index (κ1) is 23.7. The topological polar surface area (TPSA) is 101 Å². The van der Waals surface area contributed by atoms with Gasteiger partial charge in [0.25, 0.3) is 5.56 Å². The zero-order valence-electron chi connectivity index (χ0n) is 19.7. The molecule has 1 N–H and O–H groups in total. The van der Waals surface area contributed by atoms with Gasteiger partial charge in [-0.2, -0.15) is 5.26 Å². The van der Waals surface area contributed by atoms with E-state index in [9.17, 15) is 15.2 Å². The molecule has 0 saturated carbocycles. The summed E-state index contributed by atoms with van der Waals surface area (Å²) in [5, 5.41) is 22.3. The molecule has 0 unspecified atom stereocenters. The van der Waals surface area contributed by atoms with Crippen LogP contribution in [-0.4, -0.2) is 32.5 Å². The van der Waals surface area contributed by atoms with Crippen molar-refractivity contribution in [3.05, 3.63) is 80.1 Å². The summed E-state index contributed by atoms with van der Waals surface area (Å²) in [6.07, 6.45) is 2.91. The van der Waals surface area contributed by atoms with Crippen molar-refractivity contribution in [2.45, 2.75) is 24.4 Å². The quantitative estimate of drug-likeness (QED) is 0.119. The number of methoxy groups -OCH3 is 1. The van der Waals surface area contributed by atoms with Gasteiger partial charge in [-0.25, -0.2) is 9.97 Å². The van der Waals surface area contributed by atoms with E-state index in [4.69, 9.17) is 9.72 Å². The van der Waals surface area contributed by atoms with Gasteiger partial charge < -0.3 is 9.84 Å². The Morgan fingerprint density at radius 2 is 1.97 bits per heavy atom. The average molecular weight is 545 g/mol. The smallest absolute Gasteiger partial charge is 0.267 e. The number of nitrogens with zero attached hydrogens (tertiary/aromatic N) is 4. The summed E-state index contributed by atoms with van der Waals surface area (Å²) in [7, 11) is 1.60. The van der Waals surface area contributed by atoms with Gasteiger partial charge in [0.1, 0.15) is 33.0 Å². The van der Waals surface area contributed by atoms with Crippen molar-refractivity contribution < 1.29 is 9.84 Å². The lowest BCUT2D eigenvalue weighted by Crippen LogP contribution is -2.22. The zero-order valence-corrected chi connectivity index (χ0v) is 22.2. The minimum absolute atomic E-state index is 0.0675. The first-order valence-corrected chi connectivity index (χ1v) is 14.2. The van der Waals surface area contributed by atoms with Crippen LogP contribution in [0.5, 0.6) is 5.75 Å². The molecule has 7 nitrogen and oxygen atoms in total. The van der Waals surface area contributed by atoms with Gasteiger partial charge in [-0.15, -0.1) is 22.7 Å². The van der Waals surface area contributed by atoms with Crippen LogP contribution in [0.25, 0.3) is 31.7 Å². The van der Waals surface area contributed by atoms with Crippen LogP contribution in [0.2, 0.25) is 0 Å². The van der Waals surface area contributed by atoms with Gasteiger partial charge in [0.2, 0.25) is 0 Å². The molecule has 0 fully saturated rings. The van der Waals surface area contributed by atoms with Gasteiger partial charge in [0.15, 0.2) is 5.16 Å². The van der Waals surface area contributed by atoms with Crippen LogP contribution in [-0.2, 0) is 12.8 Å². The van der Waals surface area contributed by atoms with E-state index in [0.717, 1.165) is 39.9 Å². The van der Waals surface area contributed by atoms with E-state index >= 15 is 0 Å². The summed E-state index contributed by atoms with van der Waals surface area (Å²) >= 11 is 4.16. The van der Waals surface area contributed by atoms with Crippen LogP contribution in [0, 0.1) is 11.3 Å². The molecular weight excluding hydrogens is 525 g/mol. The summed E-state index contributed by atoms with van der Waals surface area (Å²) in [5.74, 6) is 0.653. The second-order valence-corrected chi connectivity index (χ2v) is 11.5. The van der Waals surface area contributed by atoms with Gasteiger partial charge in [0, 0.05) is 4.88 Å². The highest BCUT2D eigenvalue weighted by Gasteiger charge is 2.24. The van der Waals surface area contributed by atoms with Gasteiger partial charge in [-0.3, -0.25) is 9.36 Å². The number of rotatable bonds is 6. The van der Waals surface area contributed by atoms with Crippen LogP contribution in [0.3, 0.4) is 0 Å². The number of hydrogen-bond acceptors (Lipinski definition) is 9. The third-order valence-corrected chi connectivity index (χ3v) is 9.47. The summed E-state index contributed by atoms with van der Waals surface area (Å²) < 4.78 is 7.82. The summed E-state index contributed by atoms with van der Waals surface area (Å²) in [5.41, 5.74) is 2.56. The highest BCUT2D eigenvalue weighted by Crippen LogP contribution is 2.37. The fourth-order valence-electron chi connectivity index (χ4n) is 4.50. The van der Waals surface area contributed by atoms with Crippen molar-refractivity contribution in [3.8, 4) is 17.5 Å². The number of aryl methyl sites for hydroxylation is 2. The number of ether oxygens (including phenoxy) is 1. The molecule has 37 heavy (non-hydrogen) atoms. The summed E-state index contributed by atoms with van der Waals surface area (Å²) in [4.78, 5) is 25.2. The predicted octanol–water partition coefficient (Wildman–Crippen LogP) is 6.14. The SMILES string of the molecule is COc1ccc(-n2c(SCC(O)=C(C#N)c3nc4ccccc4s3)nc3sc4c(c3c2=O)CCC4)cc1. The molecule has 184 valence electrons. The highest BCUT2D eigenvalue weighted by molar-refractivity contribution is 7.99. The molecule has 0 spiro atoms. The molecule has 0 radical (unpaired) electrons. The van der Waals surface area contributed by atoms with E-state index in [-0.39, 0.29) is 22.6 Å². The number of aliphatic hydroxyl groups excluding tert-OH is 1. The predicted molar refractivity (Wildman–Crippen MR) is 149 cm³/mol. The Kier molecular flexibility index (Phi) is 6.20. The molecular formula is C27H20N4O3S3. The van der Waals surface area contributed by atoms with Gasteiger partial charge in [-0.05, 0) is 61.2 Å². The number of fused-ring (bicyclic) bond motifs is 4. The highest BCUT2D eigenvalue weighted by atomic mass is 32.2. The Bertz CT molecular complexity index is 1760. The Hall–Kier alpha value is -3.65. The van der Waals surface area contributed by atoms with Crippen molar-refractivity contribution >= 4 is 60.4 Å². The largest absolute Gasteiger partial charge is 0.510 e. The minimum Gasteiger partial charge on any atom is -0.510 e. The first-order chi connectivity index (χ1) is 18.1. The second-order valence-electron chi connectivity index (χ2n) is 8.48. The fourth-order valence-corrected chi connectivity index (χ4v) is 7.68. The molecule has 1 aliphatic carbocycles. The minimum atomic E-state index is -0.118. The number of allylic oxidation sites excluding steroid dienone is 1. The average Bonchev–Trinajstić information content (AvgIpc) is 3.62. The maximum Gasteiger partial charge on any atom is 0.267 e. The zero-order chi connectivity index (χ0) is 25.5. The molecule has 0 bridgehead atoms. The molecule has 10 heteroatoms. The normalized spacial score (nSPS) is 13.5. The van der Waals surface area contributed by atoms with E-state index < -0.39 is 0 Å². The van der Waals surface area contributed by atoms with Gasteiger partial charge in [0.05, 0.1) is 34.2 Å². The number of thioether (sulfide) groups is 1. The first-order valence-electron chi connectivity index (χ1n) is 11.6. The molecule has 0 atom stereocenters. The number of aliphatic hydroxyl groups is 1. The number of aromatic nitrogens is 3. The maximum atomic E-state index is 13.8. The van der Waals surface area contributed by atoms with Crippen molar-refractivity contribution in [1.29, 1.82) is 5.26 Å². The van der Waals surface area contributed by atoms with E-state index in [2.05, 4.69) is 11.1 Å². The standard InChI is InChI=1S/C27H20N4O3S3/c1-34-16-11-9-15(10-12-16)31-26(33)23-17-5-4-8-21(17)36-25(23)30-27(31)35-14-20(32)18(13-28)24-29-19-6-2-3-7-22(19)37-24/h2-3,6-7,9-12,32H,4-5,8,14H2,1H3. The van der Waals surface area contributed by atoms with E-state index in [1.165, 1.54) is 28.0 Å². The Morgan fingerprint density at radius 3 is 2.73 bits per heavy atom. The summed E-state index contributed by atoms with van der Waals surface area (Å²) in [6.45, 7) is 0. The van der Waals surface area contributed by atoms with Crippen LogP contribution in [0.1, 0.15) is 21.9 Å². The van der Waals surface area contributed by atoms with Crippen LogP contribution in [0.15, 0.2) is 64.2 Å². The van der Waals surface area contributed by atoms with E-state index in [1.54, 1.807) is 35.1 Å². The lowest BCUT2D eigenvalue weighted by Gasteiger charge is -2.13. The lowest BCUT2D eigenvalue weighted by atomic mass is 10.2. The fraction of sp³-hybridized carbons (Fsp3) is 0.185. The Labute approximate surface area is 224 Å². The van der Waals surface area contributed by atoms with Crippen molar-refractivity contribution in [2.24, 2.45) is 0 Å². The van der Waals surface area contributed by atoms with Crippen molar-refractivity contribution in [2.75, 3.05) is 12.9 Å². The summed E-state index contributed by atoms with van der Waals surface area (Å²) in [6, 6.07) is 17.0. The number of nitriles is 1. The number of thiazole rings is 1. The number of hydrogen-bond donors (Lipinski definition) is 1. The molecule has 0 saturated heterocycles. The monoisotopic (exact) mass is 544 g/mol. The van der Waals surface area contributed by atoms with Crippen molar-refractivity contribution in [1.82, 2.24) is 14.5 Å². The number of benzene rings is 2. The lowest BCUT2D eigenvalue weighted by molar-refractivity contribution is 0.414. The van der Waals surface area contributed by atoms with Gasteiger partial charge in [-0.1, -0.05) is 23.9 Å². The van der Waals surface area contributed by atoms with Crippen LogP contribution >= 0.6 is 34.4 Å². The molecule has 2 aromatic carbocycles. The van der Waals surface area contributed by atoms with Crippen LogP contribution in [0.4, 0.5) is 0 Å². The van der Waals surface area contributed by atoms with E-state index in [1.807, 2.05) is 36.4 Å². The third kappa shape index (κ3) is 4.19. The van der Waals surface area contributed by atoms with E-state index in [0.29, 0.717) is 27.0 Å². The van der Waals surface area contributed by atoms with Gasteiger partial charge >= 0.3 is 0 Å². The molecule has 5 aromatic rings. The number of para-hydroxylation sites is 1. The number of thiophene rings is 1. The maximum absolute atomic E-state index is 13.8. The van der Waals surface area contributed by atoms with Crippen LogP contribution < -0.4 is 10.3 Å². The second kappa shape index (κ2) is 9.67. The molecule has 1 aliphatic rings.